The van der Waals surface area contributed by atoms with Crippen LogP contribution in [0.5, 0.6) is 0 Å². The molecule has 170 valence electrons. The molecule has 1 amide bonds. The number of nitrogens with zero attached hydrogens (tertiary/aromatic N) is 3. The van der Waals surface area contributed by atoms with Gasteiger partial charge in [-0.15, -0.1) is 0 Å². The number of amides is 1. The second-order valence-electron chi connectivity index (χ2n) is 8.31. The fourth-order valence-electron chi connectivity index (χ4n) is 4.49. The summed E-state index contributed by atoms with van der Waals surface area (Å²) in [6.07, 6.45) is 0. The van der Waals surface area contributed by atoms with E-state index in [1.807, 2.05) is 18.2 Å². The summed E-state index contributed by atoms with van der Waals surface area (Å²) < 4.78 is 41.9. The van der Waals surface area contributed by atoms with Crippen LogP contribution in [0.4, 0.5) is 10.1 Å². The third-order valence-electron chi connectivity index (χ3n) is 6.23. The molecule has 0 N–H and O–H groups in total. The SMILES string of the molecule is O=C(CN1c2ccc(F)cc2-c2ccccc2S1(=O)=O)N1CCN(Cc2ccccc2)CC1. The number of benzene rings is 3. The Hall–Kier alpha value is -3.23. The molecule has 33 heavy (non-hydrogen) atoms. The Morgan fingerprint density at radius 2 is 1.55 bits per heavy atom. The second-order valence-corrected chi connectivity index (χ2v) is 10.1. The first kappa shape index (κ1) is 21.6. The number of rotatable bonds is 4. The zero-order valence-electron chi connectivity index (χ0n) is 18.0. The van der Waals surface area contributed by atoms with Crippen molar-refractivity contribution in [1.29, 1.82) is 0 Å². The molecule has 0 aromatic heterocycles. The first-order valence-electron chi connectivity index (χ1n) is 10.9. The molecular weight excluding hydrogens is 441 g/mol. The maximum Gasteiger partial charge on any atom is 0.265 e. The van der Waals surface area contributed by atoms with Crippen LogP contribution in [0.15, 0.2) is 77.7 Å². The maximum atomic E-state index is 14.0. The van der Waals surface area contributed by atoms with Gasteiger partial charge in [0.25, 0.3) is 10.0 Å². The lowest BCUT2D eigenvalue weighted by Gasteiger charge is -2.37. The summed E-state index contributed by atoms with van der Waals surface area (Å²) in [6.45, 7) is 3.02. The molecule has 0 unspecified atom stereocenters. The van der Waals surface area contributed by atoms with Crippen LogP contribution in [-0.4, -0.2) is 56.8 Å². The smallest absolute Gasteiger partial charge is 0.265 e. The fraction of sp³-hybridized carbons (Fsp3) is 0.240. The topological polar surface area (TPSA) is 60.9 Å². The number of halogens is 1. The summed E-state index contributed by atoms with van der Waals surface area (Å²) in [7, 11) is -3.94. The fourth-order valence-corrected chi connectivity index (χ4v) is 6.14. The molecule has 1 fully saturated rings. The van der Waals surface area contributed by atoms with Gasteiger partial charge in [-0.25, -0.2) is 12.8 Å². The summed E-state index contributed by atoms with van der Waals surface area (Å²) in [4.78, 5) is 17.2. The highest BCUT2D eigenvalue weighted by Gasteiger charge is 2.37. The van der Waals surface area contributed by atoms with Crippen LogP contribution in [0.25, 0.3) is 11.1 Å². The van der Waals surface area contributed by atoms with Crippen molar-refractivity contribution in [3.8, 4) is 11.1 Å². The van der Waals surface area contributed by atoms with Crippen molar-refractivity contribution in [2.24, 2.45) is 0 Å². The normalized spacial score (nSPS) is 17.4. The van der Waals surface area contributed by atoms with Crippen molar-refractivity contribution < 1.29 is 17.6 Å². The van der Waals surface area contributed by atoms with E-state index < -0.39 is 15.8 Å². The largest absolute Gasteiger partial charge is 0.339 e. The molecule has 0 bridgehead atoms. The lowest BCUT2D eigenvalue weighted by molar-refractivity contribution is -0.131. The molecule has 2 aliphatic rings. The molecule has 1 saturated heterocycles. The number of carbonyl (C=O) groups is 1. The molecule has 0 aliphatic carbocycles. The molecule has 0 radical (unpaired) electrons. The molecule has 5 rings (SSSR count). The predicted octanol–water partition coefficient (Wildman–Crippen LogP) is 3.35. The number of hydrogen-bond donors (Lipinski definition) is 0. The first-order chi connectivity index (χ1) is 15.9. The van der Waals surface area contributed by atoms with Gasteiger partial charge in [-0.1, -0.05) is 48.5 Å². The van der Waals surface area contributed by atoms with Crippen LogP contribution in [0.1, 0.15) is 5.56 Å². The molecule has 8 heteroatoms. The summed E-state index contributed by atoms with van der Waals surface area (Å²) in [5, 5.41) is 0. The Morgan fingerprint density at radius 1 is 0.848 bits per heavy atom. The average molecular weight is 466 g/mol. The third kappa shape index (κ3) is 4.12. The van der Waals surface area contributed by atoms with Crippen LogP contribution in [0.3, 0.4) is 0 Å². The van der Waals surface area contributed by atoms with E-state index in [0.29, 0.717) is 29.9 Å². The Kier molecular flexibility index (Phi) is 5.64. The molecule has 2 heterocycles. The van der Waals surface area contributed by atoms with Gasteiger partial charge in [-0.3, -0.25) is 14.0 Å². The number of fused-ring (bicyclic) bond motifs is 3. The van der Waals surface area contributed by atoms with E-state index in [4.69, 9.17) is 0 Å². The number of carbonyl (C=O) groups excluding carboxylic acids is 1. The van der Waals surface area contributed by atoms with Gasteiger partial charge in [0.1, 0.15) is 12.4 Å². The van der Waals surface area contributed by atoms with Gasteiger partial charge in [-0.05, 0) is 29.8 Å². The lowest BCUT2D eigenvalue weighted by Crippen LogP contribution is -2.51. The monoisotopic (exact) mass is 465 g/mol. The van der Waals surface area contributed by atoms with Gasteiger partial charge in [-0.2, -0.15) is 0 Å². The number of hydrogen-bond acceptors (Lipinski definition) is 4. The summed E-state index contributed by atoms with van der Waals surface area (Å²) >= 11 is 0. The van der Waals surface area contributed by atoms with Crippen molar-refractivity contribution in [2.45, 2.75) is 11.4 Å². The standard InChI is InChI=1S/C25H24FN3O3S/c26-20-10-11-23-22(16-20)21-8-4-5-9-24(21)33(31,32)29(23)18-25(30)28-14-12-27(13-15-28)17-19-6-2-1-3-7-19/h1-11,16H,12-15,17-18H2. The summed E-state index contributed by atoms with van der Waals surface area (Å²) in [6, 6.07) is 20.7. The average Bonchev–Trinajstić information content (AvgIpc) is 2.83. The molecule has 0 atom stereocenters. The molecule has 2 aliphatic heterocycles. The van der Waals surface area contributed by atoms with E-state index in [2.05, 4.69) is 17.0 Å². The Labute approximate surface area is 192 Å². The van der Waals surface area contributed by atoms with Gasteiger partial charge in [0.05, 0.1) is 10.6 Å². The minimum Gasteiger partial charge on any atom is -0.339 e. The zero-order valence-corrected chi connectivity index (χ0v) is 18.8. The molecule has 0 saturated carbocycles. The molecule has 3 aromatic rings. The van der Waals surface area contributed by atoms with Crippen molar-refractivity contribution in [1.82, 2.24) is 9.80 Å². The Bertz CT molecular complexity index is 1290. The number of sulfonamides is 1. The van der Waals surface area contributed by atoms with Crippen molar-refractivity contribution in [3.63, 3.8) is 0 Å². The Balaban J connectivity index is 1.34. The van der Waals surface area contributed by atoms with Crippen molar-refractivity contribution >= 4 is 21.6 Å². The van der Waals surface area contributed by atoms with Crippen LogP contribution in [0.2, 0.25) is 0 Å². The lowest BCUT2D eigenvalue weighted by atomic mass is 10.0. The van der Waals surface area contributed by atoms with Crippen molar-refractivity contribution in [3.05, 3.63) is 84.2 Å². The van der Waals surface area contributed by atoms with Crippen LogP contribution >= 0.6 is 0 Å². The van der Waals surface area contributed by atoms with Gasteiger partial charge < -0.3 is 4.90 Å². The first-order valence-corrected chi connectivity index (χ1v) is 12.3. The third-order valence-corrected chi connectivity index (χ3v) is 8.04. The van der Waals surface area contributed by atoms with E-state index in [-0.39, 0.29) is 17.3 Å². The van der Waals surface area contributed by atoms with E-state index in [1.165, 1.54) is 29.8 Å². The van der Waals surface area contributed by atoms with Crippen LogP contribution in [0, 0.1) is 5.82 Å². The minimum absolute atomic E-state index is 0.0866. The highest BCUT2D eigenvalue weighted by molar-refractivity contribution is 7.93. The van der Waals surface area contributed by atoms with Gasteiger partial charge in [0.15, 0.2) is 0 Å². The highest BCUT2D eigenvalue weighted by Crippen LogP contribution is 2.43. The van der Waals surface area contributed by atoms with Crippen molar-refractivity contribution in [2.75, 3.05) is 37.0 Å². The molecule has 3 aromatic carbocycles. The maximum absolute atomic E-state index is 14.0. The van der Waals surface area contributed by atoms with Crippen LogP contribution in [-0.2, 0) is 21.4 Å². The zero-order chi connectivity index (χ0) is 23.0. The molecule has 6 nitrogen and oxygen atoms in total. The predicted molar refractivity (Wildman–Crippen MR) is 125 cm³/mol. The molecule has 0 spiro atoms. The Morgan fingerprint density at radius 3 is 2.30 bits per heavy atom. The van der Waals surface area contributed by atoms with Crippen LogP contribution < -0.4 is 4.31 Å². The summed E-state index contributed by atoms with van der Waals surface area (Å²) in [5.74, 6) is -0.712. The highest BCUT2D eigenvalue weighted by atomic mass is 32.2. The van der Waals surface area contributed by atoms with Gasteiger partial charge >= 0.3 is 0 Å². The van der Waals surface area contributed by atoms with E-state index in [0.717, 1.165) is 23.9 Å². The summed E-state index contributed by atoms with van der Waals surface area (Å²) in [5.41, 5.74) is 2.47. The van der Waals surface area contributed by atoms with Gasteiger partial charge in [0, 0.05) is 43.9 Å². The van der Waals surface area contributed by atoms with E-state index in [9.17, 15) is 17.6 Å². The van der Waals surface area contributed by atoms with E-state index in [1.54, 1.807) is 23.1 Å². The van der Waals surface area contributed by atoms with E-state index >= 15 is 0 Å². The minimum atomic E-state index is -3.94. The molecular formula is C25H24FN3O3S. The number of anilines is 1. The second kappa shape index (κ2) is 8.61. The number of piperazine rings is 1. The quantitative estimate of drug-likeness (QED) is 0.593. The van der Waals surface area contributed by atoms with Gasteiger partial charge in [0.2, 0.25) is 5.91 Å².